The molecule has 0 aromatic carbocycles. The van der Waals surface area contributed by atoms with Gasteiger partial charge in [0.25, 0.3) is 11.8 Å². The highest BCUT2D eigenvalue weighted by molar-refractivity contribution is 7.26. The lowest BCUT2D eigenvalue weighted by Crippen LogP contribution is -2.46. The second kappa shape index (κ2) is 6.57. The number of hydrogen-bond donors (Lipinski definition) is 0. The van der Waals surface area contributed by atoms with Gasteiger partial charge in [-0.2, -0.15) is 0 Å². The van der Waals surface area contributed by atoms with E-state index >= 15 is 0 Å². The molecule has 0 spiro atoms. The SMILES string of the molecule is CCOC(=O)C(P=O)C(C)C(C)N1C(=O)C=CC1=O. The predicted molar refractivity (Wildman–Crippen MR) is 67.6 cm³/mol. The second-order valence-corrected chi connectivity index (χ2v) is 5.05. The molecule has 1 heterocycles. The topological polar surface area (TPSA) is 80.8 Å². The molecule has 104 valence electrons. The molecule has 0 aromatic heterocycles. The molecule has 19 heavy (non-hydrogen) atoms. The predicted octanol–water partition coefficient (Wildman–Crippen LogP) is 1.16. The lowest BCUT2D eigenvalue weighted by molar-refractivity contribution is -0.147. The molecule has 0 radical (unpaired) electrons. The van der Waals surface area contributed by atoms with Gasteiger partial charge >= 0.3 is 5.97 Å². The van der Waals surface area contributed by atoms with Gasteiger partial charge in [-0.3, -0.25) is 23.8 Å². The molecule has 6 nitrogen and oxygen atoms in total. The van der Waals surface area contributed by atoms with Crippen molar-refractivity contribution in [1.82, 2.24) is 4.90 Å². The molecule has 0 N–H and O–H groups in total. The van der Waals surface area contributed by atoms with Crippen molar-refractivity contribution in [1.29, 1.82) is 0 Å². The third-order valence-electron chi connectivity index (χ3n) is 3.15. The van der Waals surface area contributed by atoms with Crippen molar-refractivity contribution >= 4 is 26.2 Å². The van der Waals surface area contributed by atoms with Gasteiger partial charge in [0.15, 0.2) is 8.46 Å². The molecule has 0 aromatic rings. The maximum absolute atomic E-state index is 11.7. The fraction of sp³-hybridized carbons (Fsp3) is 0.583. The van der Waals surface area contributed by atoms with Crippen molar-refractivity contribution < 1.29 is 23.7 Å². The standard InChI is InChI=1S/C12H16NO5P/c1-4-18-12(16)11(19-17)7(2)8(3)13-9(14)5-6-10(13)15/h5-8,11H,4H2,1-3H3. The Morgan fingerprint density at radius 1 is 1.32 bits per heavy atom. The number of hydrogen-bond acceptors (Lipinski definition) is 5. The van der Waals surface area contributed by atoms with Crippen LogP contribution in [0, 0.1) is 5.92 Å². The maximum atomic E-state index is 11.7. The van der Waals surface area contributed by atoms with Crippen LogP contribution in [0.1, 0.15) is 20.8 Å². The summed E-state index contributed by atoms with van der Waals surface area (Å²) < 4.78 is 16.0. The molecule has 1 aliphatic heterocycles. The molecule has 2 amide bonds. The van der Waals surface area contributed by atoms with E-state index in [1.54, 1.807) is 20.8 Å². The minimum absolute atomic E-state index is 0.190. The summed E-state index contributed by atoms with van der Waals surface area (Å²) in [4.78, 5) is 35.8. The largest absolute Gasteiger partial charge is 0.465 e. The van der Waals surface area contributed by atoms with Gasteiger partial charge in [-0.1, -0.05) is 6.92 Å². The van der Waals surface area contributed by atoms with Gasteiger partial charge in [0, 0.05) is 24.1 Å². The number of ether oxygens (including phenoxy) is 1. The summed E-state index contributed by atoms with van der Waals surface area (Å²) in [7, 11) is -0.380. The van der Waals surface area contributed by atoms with Gasteiger partial charge in [-0.25, -0.2) is 0 Å². The van der Waals surface area contributed by atoms with Crippen LogP contribution in [-0.4, -0.2) is 41.0 Å². The van der Waals surface area contributed by atoms with Crippen molar-refractivity contribution in [3.8, 4) is 0 Å². The second-order valence-electron chi connectivity index (χ2n) is 4.28. The van der Waals surface area contributed by atoms with Crippen molar-refractivity contribution in [3.05, 3.63) is 12.2 Å². The number of imide groups is 1. The van der Waals surface area contributed by atoms with Crippen molar-refractivity contribution in [2.75, 3.05) is 6.61 Å². The average Bonchev–Trinajstić information content (AvgIpc) is 2.69. The Kier molecular flexibility index (Phi) is 5.36. The van der Waals surface area contributed by atoms with Crippen LogP contribution in [0.4, 0.5) is 0 Å². The van der Waals surface area contributed by atoms with Crippen LogP contribution in [0.5, 0.6) is 0 Å². The molecule has 7 heteroatoms. The van der Waals surface area contributed by atoms with Crippen LogP contribution in [-0.2, 0) is 23.7 Å². The average molecular weight is 285 g/mol. The van der Waals surface area contributed by atoms with Crippen LogP contribution in [0.2, 0.25) is 0 Å². The zero-order valence-corrected chi connectivity index (χ0v) is 11.9. The molecule has 0 saturated heterocycles. The smallest absolute Gasteiger partial charge is 0.321 e. The highest BCUT2D eigenvalue weighted by Gasteiger charge is 2.38. The van der Waals surface area contributed by atoms with E-state index in [9.17, 15) is 18.9 Å². The highest BCUT2D eigenvalue weighted by atomic mass is 31.1. The summed E-state index contributed by atoms with van der Waals surface area (Å²) in [5.74, 6) is -1.90. The molecule has 1 aliphatic rings. The van der Waals surface area contributed by atoms with Gasteiger partial charge < -0.3 is 4.74 Å². The van der Waals surface area contributed by atoms with Crippen LogP contribution in [0.25, 0.3) is 0 Å². The Balaban J connectivity index is 2.83. The molecular formula is C12H16NO5P. The lowest BCUT2D eigenvalue weighted by Gasteiger charge is -2.29. The third kappa shape index (κ3) is 3.26. The first kappa shape index (κ1) is 15.5. The zero-order valence-electron chi connectivity index (χ0n) is 11.0. The molecule has 0 saturated carbocycles. The monoisotopic (exact) mass is 285 g/mol. The number of carbonyl (C=O) groups is 3. The molecule has 0 fully saturated rings. The van der Waals surface area contributed by atoms with E-state index in [4.69, 9.17) is 4.74 Å². The summed E-state index contributed by atoms with van der Waals surface area (Å²) in [5, 5.41) is 0. The fourth-order valence-corrected chi connectivity index (χ4v) is 2.50. The summed E-state index contributed by atoms with van der Waals surface area (Å²) in [6.45, 7) is 5.15. The van der Waals surface area contributed by atoms with E-state index in [0.29, 0.717) is 0 Å². The van der Waals surface area contributed by atoms with Gasteiger partial charge in [0.1, 0.15) is 5.66 Å². The molecule has 3 atom stereocenters. The Morgan fingerprint density at radius 3 is 2.26 bits per heavy atom. The van der Waals surface area contributed by atoms with Crippen LogP contribution in [0.15, 0.2) is 12.2 Å². The highest BCUT2D eigenvalue weighted by Crippen LogP contribution is 2.26. The first-order valence-corrected chi connectivity index (χ1v) is 6.86. The molecule has 0 aliphatic carbocycles. The summed E-state index contributed by atoms with van der Waals surface area (Å²) in [6, 6.07) is -0.536. The fourth-order valence-electron chi connectivity index (χ4n) is 1.89. The lowest BCUT2D eigenvalue weighted by atomic mass is 9.98. The van der Waals surface area contributed by atoms with E-state index < -0.39 is 35.4 Å². The first-order chi connectivity index (χ1) is 8.93. The van der Waals surface area contributed by atoms with Gasteiger partial charge in [0.05, 0.1) is 6.61 Å². The van der Waals surface area contributed by atoms with Crippen LogP contribution >= 0.6 is 8.46 Å². The van der Waals surface area contributed by atoms with Crippen LogP contribution < -0.4 is 0 Å². The van der Waals surface area contributed by atoms with E-state index in [0.717, 1.165) is 4.90 Å². The van der Waals surface area contributed by atoms with Crippen molar-refractivity contribution in [2.45, 2.75) is 32.5 Å². The third-order valence-corrected chi connectivity index (χ3v) is 4.06. The van der Waals surface area contributed by atoms with E-state index in [1.807, 2.05) is 0 Å². The normalized spacial score (nSPS) is 19.6. The molecule has 3 unspecified atom stereocenters. The Hall–Kier alpha value is -1.55. The Labute approximate surface area is 113 Å². The zero-order chi connectivity index (χ0) is 14.6. The number of rotatable bonds is 6. The molecular weight excluding hydrogens is 269 g/mol. The summed E-state index contributed by atoms with van der Waals surface area (Å²) >= 11 is 0. The van der Waals surface area contributed by atoms with Crippen molar-refractivity contribution in [3.63, 3.8) is 0 Å². The van der Waals surface area contributed by atoms with E-state index in [1.165, 1.54) is 12.2 Å². The minimum atomic E-state index is -0.892. The first-order valence-electron chi connectivity index (χ1n) is 5.98. The number of nitrogens with zero attached hydrogens (tertiary/aromatic N) is 1. The van der Waals surface area contributed by atoms with Gasteiger partial charge in [-0.05, 0) is 13.8 Å². The van der Waals surface area contributed by atoms with Crippen molar-refractivity contribution in [2.24, 2.45) is 5.92 Å². The van der Waals surface area contributed by atoms with E-state index in [-0.39, 0.29) is 15.1 Å². The number of esters is 1. The minimum Gasteiger partial charge on any atom is -0.465 e. The maximum Gasteiger partial charge on any atom is 0.321 e. The summed E-state index contributed by atoms with van der Waals surface area (Å²) in [5.41, 5.74) is -0.892. The number of carbonyl (C=O) groups excluding carboxylic acids is 3. The van der Waals surface area contributed by atoms with Gasteiger partial charge in [-0.15, -0.1) is 0 Å². The van der Waals surface area contributed by atoms with E-state index in [2.05, 4.69) is 0 Å². The Bertz CT molecular complexity index is 416. The van der Waals surface area contributed by atoms with Crippen LogP contribution in [0.3, 0.4) is 0 Å². The molecule has 1 rings (SSSR count). The Morgan fingerprint density at radius 2 is 1.84 bits per heavy atom. The molecule has 0 bridgehead atoms. The number of amides is 2. The quantitative estimate of drug-likeness (QED) is 0.415. The van der Waals surface area contributed by atoms with Gasteiger partial charge in [0.2, 0.25) is 0 Å². The summed E-state index contributed by atoms with van der Waals surface area (Å²) in [6.07, 6.45) is 2.36.